The van der Waals surface area contributed by atoms with Crippen LogP contribution in [0.4, 0.5) is 26.3 Å². The molecule has 0 aliphatic carbocycles. The molecule has 0 bridgehead atoms. The van der Waals surface area contributed by atoms with Gasteiger partial charge in [0.05, 0.1) is 21.8 Å². The molecule has 0 fully saturated rings. The number of rotatable bonds is 4. The van der Waals surface area contributed by atoms with Crippen molar-refractivity contribution in [1.82, 2.24) is 15.0 Å². The first kappa shape index (κ1) is 25.1. The standard InChI is InChI=1S/C24H12ClF6N3O2/c25-20-14(12-4-2-1-3-5-12)7-8-15(22(35)36)19(20)21-33-16(10-18(34-21)24(29,30)31)13-6-9-17(32-11-13)23(26,27)28/h1-11H,(H,35,36). The molecule has 0 atom stereocenters. The van der Waals surface area contributed by atoms with Crippen molar-refractivity contribution in [2.24, 2.45) is 0 Å². The molecule has 36 heavy (non-hydrogen) atoms. The van der Waals surface area contributed by atoms with E-state index in [0.717, 1.165) is 18.3 Å². The number of benzene rings is 2. The highest BCUT2D eigenvalue weighted by molar-refractivity contribution is 6.36. The van der Waals surface area contributed by atoms with E-state index in [1.54, 1.807) is 30.3 Å². The zero-order valence-corrected chi connectivity index (χ0v) is 18.4. The maximum absolute atomic E-state index is 13.7. The van der Waals surface area contributed by atoms with Gasteiger partial charge in [-0.2, -0.15) is 26.3 Å². The lowest BCUT2D eigenvalue weighted by atomic mass is 9.98. The largest absolute Gasteiger partial charge is 0.478 e. The van der Waals surface area contributed by atoms with Gasteiger partial charge in [-0.15, -0.1) is 0 Å². The Bertz CT molecular complexity index is 1440. The Kier molecular flexibility index (Phi) is 6.44. The van der Waals surface area contributed by atoms with Crippen molar-refractivity contribution in [3.63, 3.8) is 0 Å². The summed E-state index contributed by atoms with van der Waals surface area (Å²) in [6.45, 7) is 0. The number of hydrogen-bond acceptors (Lipinski definition) is 4. The van der Waals surface area contributed by atoms with Crippen LogP contribution >= 0.6 is 11.6 Å². The van der Waals surface area contributed by atoms with Crippen molar-refractivity contribution in [2.45, 2.75) is 12.4 Å². The first-order valence-corrected chi connectivity index (χ1v) is 10.4. The Morgan fingerprint density at radius 1 is 0.806 bits per heavy atom. The summed E-state index contributed by atoms with van der Waals surface area (Å²) < 4.78 is 79.7. The van der Waals surface area contributed by atoms with Gasteiger partial charge in [0.1, 0.15) is 11.4 Å². The van der Waals surface area contributed by atoms with E-state index in [9.17, 15) is 36.2 Å². The number of carboxylic acids is 1. The fourth-order valence-corrected chi connectivity index (χ4v) is 3.74. The van der Waals surface area contributed by atoms with E-state index in [4.69, 9.17) is 11.6 Å². The third-order valence-corrected chi connectivity index (χ3v) is 5.44. The number of nitrogens with zero attached hydrogens (tertiary/aromatic N) is 3. The third-order valence-electron chi connectivity index (χ3n) is 5.05. The average Bonchev–Trinajstić information content (AvgIpc) is 2.83. The SMILES string of the molecule is O=C(O)c1ccc(-c2ccccc2)c(Cl)c1-c1nc(-c2ccc(C(F)(F)F)nc2)cc(C(F)(F)F)n1. The second kappa shape index (κ2) is 9.23. The molecule has 0 amide bonds. The molecule has 2 heterocycles. The lowest BCUT2D eigenvalue weighted by molar-refractivity contribution is -0.141. The number of carbonyl (C=O) groups is 1. The van der Waals surface area contributed by atoms with Gasteiger partial charge in [-0.3, -0.25) is 4.98 Å². The zero-order valence-electron chi connectivity index (χ0n) is 17.7. The van der Waals surface area contributed by atoms with E-state index in [2.05, 4.69) is 15.0 Å². The Morgan fingerprint density at radius 2 is 1.47 bits per heavy atom. The predicted molar refractivity (Wildman–Crippen MR) is 118 cm³/mol. The molecular formula is C24H12ClF6N3O2. The van der Waals surface area contributed by atoms with Gasteiger partial charge in [0.2, 0.25) is 0 Å². The molecule has 5 nitrogen and oxygen atoms in total. The molecule has 2 aromatic carbocycles. The number of aromatic nitrogens is 3. The van der Waals surface area contributed by atoms with Gasteiger partial charge in [-0.25, -0.2) is 14.8 Å². The second-order valence-corrected chi connectivity index (χ2v) is 7.79. The molecule has 0 unspecified atom stereocenters. The number of pyridine rings is 1. The topological polar surface area (TPSA) is 76.0 Å². The van der Waals surface area contributed by atoms with Gasteiger partial charge >= 0.3 is 18.3 Å². The summed E-state index contributed by atoms with van der Waals surface area (Å²) in [7, 11) is 0. The summed E-state index contributed by atoms with van der Waals surface area (Å²) in [5, 5.41) is 9.47. The molecule has 184 valence electrons. The molecule has 0 radical (unpaired) electrons. The van der Waals surface area contributed by atoms with Gasteiger partial charge in [0.25, 0.3) is 0 Å². The normalized spacial score (nSPS) is 12.0. The van der Waals surface area contributed by atoms with E-state index in [1.807, 2.05) is 0 Å². The molecular weight excluding hydrogens is 512 g/mol. The lowest BCUT2D eigenvalue weighted by Gasteiger charge is -2.15. The summed E-state index contributed by atoms with van der Waals surface area (Å²) >= 11 is 6.50. The quantitative estimate of drug-likeness (QED) is 0.285. The van der Waals surface area contributed by atoms with Crippen LogP contribution in [0.25, 0.3) is 33.8 Å². The molecule has 1 N–H and O–H groups in total. The summed E-state index contributed by atoms with van der Waals surface area (Å²) in [5.41, 5.74) is -3.26. The molecule has 4 rings (SSSR count). The van der Waals surface area contributed by atoms with E-state index in [0.29, 0.717) is 23.3 Å². The van der Waals surface area contributed by atoms with E-state index in [-0.39, 0.29) is 16.1 Å². The minimum absolute atomic E-state index is 0.177. The Morgan fingerprint density at radius 3 is 2.03 bits per heavy atom. The predicted octanol–water partition coefficient (Wildman–Crippen LogP) is 7.26. The van der Waals surface area contributed by atoms with Crippen LogP contribution in [0.3, 0.4) is 0 Å². The molecule has 12 heteroatoms. The smallest absolute Gasteiger partial charge is 0.433 e. The van der Waals surface area contributed by atoms with Crippen LogP contribution in [0.5, 0.6) is 0 Å². The van der Waals surface area contributed by atoms with Crippen LogP contribution < -0.4 is 0 Å². The molecule has 0 aliphatic rings. The van der Waals surface area contributed by atoms with Crippen molar-refractivity contribution in [2.75, 3.05) is 0 Å². The van der Waals surface area contributed by atoms with Crippen LogP contribution in [0.2, 0.25) is 5.02 Å². The molecule has 0 saturated heterocycles. The molecule has 0 spiro atoms. The number of halogens is 7. The Balaban J connectivity index is 1.98. The number of hydrogen-bond donors (Lipinski definition) is 1. The maximum atomic E-state index is 13.7. The Hall–Kier alpha value is -3.99. The minimum atomic E-state index is -4.99. The highest BCUT2D eigenvalue weighted by Crippen LogP contribution is 2.40. The van der Waals surface area contributed by atoms with Gasteiger partial charge in [-0.1, -0.05) is 48.0 Å². The minimum Gasteiger partial charge on any atom is -0.478 e. The van der Waals surface area contributed by atoms with Gasteiger partial charge < -0.3 is 5.11 Å². The van der Waals surface area contributed by atoms with Crippen LogP contribution in [-0.2, 0) is 12.4 Å². The van der Waals surface area contributed by atoms with E-state index >= 15 is 0 Å². The maximum Gasteiger partial charge on any atom is 0.433 e. The number of aromatic carboxylic acids is 1. The van der Waals surface area contributed by atoms with Crippen LogP contribution in [0.1, 0.15) is 21.7 Å². The van der Waals surface area contributed by atoms with Crippen molar-refractivity contribution in [3.05, 3.63) is 88.8 Å². The van der Waals surface area contributed by atoms with Gasteiger partial charge in [0.15, 0.2) is 5.82 Å². The Labute approximate surface area is 204 Å². The molecule has 4 aromatic rings. The monoisotopic (exact) mass is 523 g/mol. The zero-order chi connectivity index (χ0) is 26.3. The first-order valence-electron chi connectivity index (χ1n) is 9.97. The van der Waals surface area contributed by atoms with Crippen molar-refractivity contribution < 1.29 is 36.2 Å². The van der Waals surface area contributed by atoms with Crippen molar-refractivity contribution in [3.8, 4) is 33.8 Å². The van der Waals surface area contributed by atoms with Crippen LogP contribution in [0.15, 0.2) is 66.9 Å². The fourth-order valence-electron chi connectivity index (χ4n) is 3.38. The van der Waals surface area contributed by atoms with Crippen LogP contribution in [-0.4, -0.2) is 26.0 Å². The molecule has 0 saturated carbocycles. The molecule has 2 aromatic heterocycles. The summed E-state index contributed by atoms with van der Waals surface area (Å²) in [4.78, 5) is 22.7. The fraction of sp³-hybridized carbons (Fsp3) is 0.0833. The van der Waals surface area contributed by atoms with Crippen molar-refractivity contribution in [1.29, 1.82) is 0 Å². The highest BCUT2D eigenvalue weighted by atomic mass is 35.5. The second-order valence-electron chi connectivity index (χ2n) is 7.41. The number of alkyl halides is 6. The van der Waals surface area contributed by atoms with Gasteiger partial charge in [0, 0.05) is 17.3 Å². The van der Waals surface area contributed by atoms with Crippen LogP contribution in [0, 0.1) is 0 Å². The lowest BCUT2D eigenvalue weighted by Crippen LogP contribution is -2.12. The van der Waals surface area contributed by atoms with Crippen molar-refractivity contribution >= 4 is 17.6 Å². The average molecular weight is 524 g/mol. The first-order chi connectivity index (χ1) is 16.9. The third kappa shape index (κ3) is 5.01. The summed E-state index contributed by atoms with van der Waals surface area (Å²) in [5.74, 6) is -2.16. The summed E-state index contributed by atoms with van der Waals surface area (Å²) in [6, 6.07) is 13.0. The van der Waals surface area contributed by atoms with E-state index in [1.165, 1.54) is 6.07 Å². The molecule has 0 aliphatic heterocycles. The summed E-state index contributed by atoms with van der Waals surface area (Å²) in [6.07, 6.45) is -9.03. The highest BCUT2D eigenvalue weighted by Gasteiger charge is 2.35. The van der Waals surface area contributed by atoms with Gasteiger partial charge in [-0.05, 0) is 29.8 Å². The number of carboxylic acid groups (broad SMARTS) is 1. The van der Waals surface area contributed by atoms with E-state index < -0.39 is 46.8 Å².